The van der Waals surface area contributed by atoms with Gasteiger partial charge in [-0.05, 0) is 30.2 Å². The summed E-state index contributed by atoms with van der Waals surface area (Å²) in [6.07, 6.45) is 0.755. The molecule has 1 N–H and O–H groups in total. The van der Waals surface area contributed by atoms with Gasteiger partial charge in [0.15, 0.2) is 0 Å². The van der Waals surface area contributed by atoms with Gasteiger partial charge in [0.1, 0.15) is 11.6 Å². The third-order valence-corrected chi connectivity index (χ3v) is 3.84. The minimum Gasteiger partial charge on any atom is -0.462 e. The maximum absolute atomic E-state index is 12.2. The highest BCUT2D eigenvalue weighted by Gasteiger charge is 2.22. The molecule has 1 aromatic rings. The lowest BCUT2D eigenvalue weighted by atomic mass is 10.0. The van der Waals surface area contributed by atoms with Gasteiger partial charge in [-0.1, -0.05) is 13.8 Å². The first-order chi connectivity index (χ1) is 11.0. The lowest BCUT2D eigenvalue weighted by molar-refractivity contribution is -0.121. The Bertz CT molecular complexity index is 513. The van der Waals surface area contributed by atoms with E-state index in [1.807, 2.05) is 5.38 Å². The topological polar surface area (TPSA) is 73.9 Å². The van der Waals surface area contributed by atoms with E-state index in [1.54, 1.807) is 14.0 Å². The number of hydrogen-bond acceptors (Lipinski definition) is 6. The largest absolute Gasteiger partial charge is 0.462 e. The van der Waals surface area contributed by atoms with Crippen LogP contribution in [0.5, 0.6) is 0 Å². The van der Waals surface area contributed by atoms with Crippen LogP contribution in [0, 0.1) is 5.92 Å². The third-order valence-electron chi connectivity index (χ3n) is 2.89. The summed E-state index contributed by atoms with van der Waals surface area (Å²) >= 11 is 1.33. The van der Waals surface area contributed by atoms with Crippen molar-refractivity contribution in [1.82, 2.24) is 0 Å². The minimum absolute atomic E-state index is 0.0803. The highest BCUT2D eigenvalue weighted by atomic mass is 32.1. The van der Waals surface area contributed by atoms with Crippen molar-refractivity contribution in [2.45, 2.75) is 27.2 Å². The molecule has 0 unspecified atom stereocenters. The molecule has 23 heavy (non-hydrogen) atoms. The van der Waals surface area contributed by atoms with Gasteiger partial charge in [-0.25, -0.2) is 4.79 Å². The number of hydrogen-bond donors (Lipinski definition) is 1. The van der Waals surface area contributed by atoms with Crippen molar-refractivity contribution >= 4 is 28.2 Å². The lowest BCUT2D eigenvalue weighted by Gasteiger charge is -2.10. The van der Waals surface area contributed by atoms with Gasteiger partial charge in [0.25, 0.3) is 5.91 Å². The van der Waals surface area contributed by atoms with Crippen LogP contribution < -0.4 is 5.32 Å². The highest BCUT2D eigenvalue weighted by molar-refractivity contribution is 7.15. The molecule has 1 aromatic heterocycles. The summed E-state index contributed by atoms with van der Waals surface area (Å²) in [5, 5.41) is 5.14. The summed E-state index contributed by atoms with van der Waals surface area (Å²) in [7, 11) is 1.57. The fraction of sp³-hybridized carbons (Fsp3) is 0.625. The van der Waals surface area contributed by atoms with Crippen LogP contribution in [0.15, 0.2) is 5.38 Å². The predicted molar refractivity (Wildman–Crippen MR) is 90.1 cm³/mol. The zero-order chi connectivity index (χ0) is 17.2. The lowest BCUT2D eigenvalue weighted by Crippen LogP contribution is -2.21. The van der Waals surface area contributed by atoms with Crippen molar-refractivity contribution in [2.24, 2.45) is 5.92 Å². The summed E-state index contributed by atoms with van der Waals surface area (Å²) in [5.41, 5.74) is 1.36. The molecule has 0 aromatic carbocycles. The zero-order valence-electron chi connectivity index (χ0n) is 14.1. The first-order valence-electron chi connectivity index (χ1n) is 7.63. The number of carbonyl (C=O) groups is 2. The van der Waals surface area contributed by atoms with E-state index < -0.39 is 5.97 Å². The molecular weight excluding hydrogens is 318 g/mol. The Kier molecular flexibility index (Phi) is 8.83. The molecule has 130 valence electrons. The number of rotatable bonds is 10. The molecule has 0 saturated carbocycles. The summed E-state index contributed by atoms with van der Waals surface area (Å²) in [5.74, 6) is -0.302. The number of methoxy groups -OCH3 is 1. The van der Waals surface area contributed by atoms with Gasteiger partial charge in [0.05, 0.1) is 25.4 Å². The van der Waals surface area contributed by atoms with Crippen molar-refractivity contribution in [2.75, 3.05) is 38.9 Å². The van der Waals surface area contributed by atoms with Crippen molar-refractivity contribution in [3.05, 3.63) is 16.5 Å². The summed E-state index contributed by atoms with van der Waals surface area (Å²) in [6, 6.07) is 0. The smallest absolute Gasteiger partial charge is 0.341 e. The minimum atomic E-state index is -0.403. The van der Waals surface area contributed by atoms with Crippen LogP contribution in [0.25, 0.3) is 0 Å². The van der Waals surface area contributed by atoms with E-state index in [1.165, 1.54) is 11.3 Å². The maximum Gasteiger partial charge on any atom is 0.341 e. The maximum atomic E-state index is 12.2. The van der Waals surface area contributed by atoms with Gasteiger partial charge in [-0.2, -0.15) is 0 Å². The molecule has 0 radical (unpaired) electrons. The van der Waals surface area contributed by atoms with Crippen molar-refractivity contribution < 1.29 is 23.8 Å². The number of ether oxygens (including phenoxy) is 3. The number of nitrogens with one attached hydrogen (secondary N) is 1. The standard InChI is InChI=1S/C16H25NO5S/c1-5-22-16(19)14-12(8-11(2)3)10-23-15(14)17-13(18)9-21-7-6-20-4/h10-11H,5-9H2,1-4H3,(H,17,18). The molecule has 6 nitrogen and oxygen atoms in total. The Morgan fingerprint density at radius 3 is 2.65 bits per heavy atom. The predicted octanol–water partition coefficient (Wildman–Crippen LogP) is 2.72. The Morgan fingerprint density at radius 2 is 2.04 bits per heavy atom. The quantitative estimate of drug-likeness (QED) is 0.522. The second kappa shape index (κ2) is 10.4. The van der Waals surface area contributed by atoms with Crippen molar-refractivity contribution in [3.63, 3.8) is 0 Å². The Morgan fingerprint density at radius 1 is 1.30 bits per heavy atom. The molecule has 0 aliphatic carbocycles. The third kappa shape index (κ3) is 6.68. The van der Waals surface area contributed by atoms with Gasteiger partial charge in [0, 0.05) is 7.11 Å². The normalized spacial score (nSPS) is 10.8. The van der Waals surface area contributed by atoms with E-state index in [2.05, 4.69) is 19.2 Å². The van der Waals surface area contributed by atoms with Gasteiger partial charge >= 0.3 is 5.97 Å². The number of anilines is 1. The van der Waals surface area contributed by atoms with Crippen molar-refractivity contribution in [1.29, 1.82) is 0 Å². The average molecular weight is 343 g/mol. The van der Waals surface area contributed by atoms with E-state index in [-0.39, 0.29) is 12.5 Å². The Hall–Kier alpha value is -1.44. The van der Waals surface area contributed by atoms with E-state index >= 15 is 0 Å². The van der Waals surface area contributed by atoms with Crippen LogP contribution in [0.3, 0.4) is 0 Å². The van der Waals surface area contributed by atoms with Crippen LogP contribution in [0.1, 0.15) is 36.7 Å². The Labute approximate surface area is 141 Å². The summed E-state index contributed by atoms with van der Waals surface area (Å²) in [6.45, 7) is 6.90. The summed E-state index contributed by atoms with van der Waals surface area (Å²) in [4.78, 5) is 24.1. The molecule has 1 amide bonds. The molecule has 1 rings (SSSR count). The molecule has 0 saturated heterocycles. The van der Waals surface area contributed by atoms with Crippen LogP contribution in [-0.4, -0.2) is 45.4 Å². The van der Waals surface area contributed by atoms with Gasteiger partial charge in [-0.3, -0.25) is 4.79 Å². The van der Waals surface area contributed by atoms with E-state index in [4.69, 9.17) is 14.2 Å². The molecule has 0 aliphatic heterocycles. The average Bonchev–Trinajstić information content (AvgIpc) is 2.85. The van der Waals surface area contributed by atoms with Crippen LogP contribution in [0.4, 0.5) is 5.00 Å². The first kappa shape index (κ1) is 19.6. The van der Waals surface area contributed by atoms with Gasteiger partial charge in [-0.15, -0.1) is 11.3 Å². The van der Waals surface area contributed by atoms with E-state index in [0.717, 1.165) is 12.0 Å². The molecule has 0 spiro atoms. The number of esters is 1. The van der Waals surface area contributed by atoms with Crippen LogP contribution >= 0.6 is 11.3 Å². The number of thiophene rings is 1. The molecule has 0 aliphatic rings. The fourth-order valence-electron chi connectivity index (χ4n) is 1.97. The first-order valence-corrected chi connectivity index (χ1v) is 8.51. The van der Waals surface area contributed by atoms with Gasteiger partial charge in [0.2, 0.25) is 0 Å². The van der Waals surface area contributed by atoms with E-state index in [9.17, 15) is 9.59 Å². The SMILES string of the molecule is CCOC(=O)c1c(CC(C)C)csc1NC(=O)COCCOC. The second-order valence-corrected chi connectivity index (χ2v) is 6.26. The van der Waals surface area contributed by atoms with Crippen LogP contribution in [0.2, 0.25) is 0 Å². The molecule has 0 atom stereocenters. The Balaban J connectivity index is 2.78. The zero-order valence-corrected chi connectivity index (χ0v) is 15.0. The fourth-order valence-corrected chi connectivity index (χ4v) is 2.95. The van der Waals surface area contributed by atoms with Gasteiger partial charge < -0.3 is 19.5 Å². The number of amides is 1. The summed E-state index contributed by atoms with van der Waals surface area (Å²) < 4.78 is 15.1. The second-order valence-electron chi connectivity index (χ2n) is 5.38. The molecule has 1 heterocycles. The number of carbonyl (C=O) groups excluding carboxylic acids is 2. The van der Waals surface area contributed by atoms with Crippen LogP contribution in [-0.2, 0) is 25.4 Å². The van der Waals surface area contributed by atoms with Crippen molar-refractivity contribution in [3.8, 4) is 0 Å². The molecule has 0 fully saturated rings. The highest BCUT2D eigenvalue weighted by Crippen LogP contribution is 2.30. The molecule has 0 bridgehead atoms. The molecule has 7 heteroatoms. The monoisotopic (exact) mass is 343 g/mol. The molecular formula is C16H25NO5S. The van der Waals surface area contributed by atoms with E-state index in [0.29, 0.717) is 36.3 Å².